The molecule has 0 aromatic heterocycles. The Hall–Kier alpha value is -2.22. The van der Waals surface area contributed by atoms with Gasteiger partial charge in [-0.25, -0.2) is 4.39 Å². The maximum Gasteiger partial charge on any atom is 0.249 e. The SMILES string of the molecule is CC(/C=C\C=C(/N)c1cccc(F)c1)C[C@H]1[C@@H](NC(=O)[C@@H]2CCCO2)CCN1CN1CCC1. The van der Waals surface area contributed by atoms with Gasteiger partial charge in [-0.15, -0.1) is 0 Å². The van der Waals surface area contributed by atoms with E-state index in [0.29, 0.717) is 29.8 Å². The molecule has 7 heteroatoms. The van der Waals surface area contributed by atoms with Gasteiger partial charge in [0.25, 0.3) is 0 Å². The molecule has 3 N–H and O–H groups in total. The predicted octanol–water partition coefficient (Wildman–Crippen LogP) is 3.11. The van der Waals surface area contributed by atoms with Gasteiger partial charge in [0.15, 0.2) is 0 Å². The van der Waals surface area contributed by atoms with Gasteiger partial charge in [0.05, 0.1) is 6.67 Å². The van der Waals surface area contributed by atoms with Crippen molar-refractivity contribution in [3.8, 4) is 0 Å². The highest BCUT2D eigenvalue weighted by atomic mass is 19.1. The van der Waals surface area contributed by atoms with Crippen LogP contribution in [0.15, 0.2) is 42.5 Å². The molecule has 3 saturated heterocycles. The second kappa shape index (κ2) is 11.3. The summed E-state index contributed by atoms with van der Waals surface area (Å²) in [7, 11) is 0. The van der Waals surface area contributed by atoms with Crippen molar-refractivity contribution in [3.63, 3.8) is 0 Å². The van der Waals surface area contributed by atoms with E-state index < -0.39 is 0 Å². The number of benzene rings is 1. The van der Waals surface area contributed by atoms with Crippen molar-refractivity contribution >= 4 is 11.6 Å². The molecule has 3 heterocycles. The fraction of sp³-hybridized carbons (Fsp3) is 0.577. The van der Waals surface area contributed by atoms with Gasteiger partial charge in [-0.3, -0.25) is 14.6 Å². The Morgan fingerprint density at radius 3 is 2.85 bits per heavy atom. The van der Waals surface area contributed by atoms with Crippen LogP contribution < -0.4 is 11.1 Å². The average Bonchev–Trinajstić information content (AvgIpc) is 3.42. The zero-order valence-electron chi connectivity index (χ0n) is 19.6. The maximum atomic E-state index is 13.4. The number of carbonyl (C=O) groups is 1. The van der Waals surface area contributed by atoms with Crippen molar-refractivity contribution in [2.24, 2.45) is 11.7 Å². The molecule has 0 saturated carbocycles. The molecule has 1 unspecified atom stereocenters. The Balaban J connectivity index is 1.37. The first kappa shape index (κ1) is 23.9. The van der Waals surface area contributed by atoms with E-state index >= 15 is 0 Å². The normalized spacial score (nSPS) is 27.7. The molecular weight excluding hydrogens is 419 g/mol. The number of halogens is 1. The molecule has 0 radical (unpaired) electrons. The van der Waals surface area contributed by atoms with Crippen LogP contribution in [0.1, 0.15) is 44.6 Å². The monoisotopic (exact) mass is 456 g/mol. The largest absolute Gasteiger partial charge is 0.398 e. The van der Waals surface area contributed by atoms with E-state index in [1.807, 2.05) is 12.2 Å². The van der Waals surface area contributed by atoms with Gasteiger partial charge in [0.2, 0.25) is 5.91 Å². The molecule has 180 valence electrons. The van der Waals surface area contributed by atoms with Gasteiger partial charge in [0.1, 0.15) is 11.9 Å². The van der Waals surface area contributed by atoms with Crippen molar-refractivity contribution in [1.29, 1.82) is 0 Å². The average molecular weight is 457 g/mol. The van der Waals surface area contributed by atoms with Crippen LogP contribution in [-0.4, -0.2) is 66.8 Å². The summed E-state index contributed by atoms with van der Waals surface area (Å²) >= 11 is 0. The number of carbonyl (C=O) groups excluding carboxylic acids is 1. The standard InChI is InChI=1S/C26H37FN4O2/c1-19(6-2-9-22(28)20-7-3-8-21(27)17-20)16-24-23(29-26(32)25-10-4-15-33-25)11-14-31(24)18-30-12-5-13-30/h2-3,6-9,17,19,23-25H,4-5,10-16,18,28H2,1H3,(H,29,32)/b6-2-,22-9-/t19?,23-,24-,25-/m0/s1. The van der Waals surface area contributed by atoms with E-state index in [1.165, 1.54) is 18.6 Å². The Kier molecular flexibility index (Phi) is 8.17. The summed E-state index contributed by atoms with van der Waals surface area (Å²) < 4.78 is 19.0. The van der Waals surface area contributed by atoms with Crippen molar-refractivity contribution in [2.75, 3.05) is 32.9 Å². The van der Waals surface area contributed by atoms with Gasteiger partial charge < -0.3 is 15.8 Å². The fourth-order valence-electron chi connectivity index (χ4n) is 4.99. The van der Waals surface area contributed by atoms with Crippen molar-refractivity contribution in [1.82, 2.24) is 15.1 Å². The Morgan fingerprint density at radius 1 is 1.30 bits per heavy atom. The summed E-state index contributed by atoms with van der Waals surface area (Å²) in [6.45, 7) is 7.18. The molecule has 33 heavy (non-hydrogen) atoms. The van der Waals surface area contributed by atoms with Crippen LogP contribution in [-0.2, 0) is 9.53 Å². The van der Waals surface area contributed by atoms with Crippen molar-refractivity contribution in [3.05, 3.63) is 53.9 Å². The number of rotatable bonds is 9. The molecule has 3 fully saturated rings. The maximum absolute atomic E-state index is 13.4. The molecule has 4 rings (SSSR count). The molecule has 6 nitrogen and oxygen atoms in total. The van der Waals surface area contributed by atoms with E-state index in [1.54, 1.807) is 12.1 Å². The number of nitrogens with one attached hydrogen (secondary N) is 1. The number of amides is 1. The number of nitrogens with two attached hydrogens (primary N) is 1. The van der Waals surface area contributed by atoms with E-state index in [4.69, 9.17) is 10.5 Å². The van der Waals surface area contributed by atoms with E-state index in [2.05, 4.69) is 28.1 Å². The van der Waals surface area contributed by atoms with E-state index in [-0.39, 0.29) is 23.9 Å². The number of hydrogen-bond acceptors (Lipinski definition) is 5. The summed E-state index contributed by atoms with van der Waals surface area (Å²) in [5.41, 5.74) is 7.34. The molecule has 1 amide bonds. The van der Waals surface area contributed by atoms with Gasteiger partial charge >= 0.3 is 0 Å². The van der Waals surface area contributed by atoms with Crippen LogP contribution in [0.3, 0.4) is 0 Å². The predicted molar refractivity (Wildman–Crippen MR) is 129 cm³/mol. The van der Waals surface area contributed by atoms with Gasteiger partial charge in [-0.2, -0.15) is 0 Å². The van der Waals surface area contributed by atoms with Gasteiger partial charge in [-0.05, 0) is 56.2 Å². The zero-order chi connectivity index (χ0) is 23.2. The summed E-state index contributed by atoms with van der Waals surface area (Å²) in [6, 6.07) is 6.76. The lowest BCUT2D eigenvalue weighted by atomic mass is 9.96. The number of allylic oxidation sites excluding steroid dienone is 3. The Bertz CT molecular complexity index is 864. The third-order valence-corrected chi connectivity index (χ3v) is 7.03. The minimum atomic E-state index is -0.291. The lowest BCUT2D eigenvalue weighted by molar-refractivity contribution is -0.131. The third-order valence-electron chi connectivity index (χ3n) is 7.03. The van der Waals surface area contributed by atoms with Crippen molar-refractivity contribution < 1.29 is 13.9 Å². The summed E-state index contributed by atoms with van der Waals surface area (Å²) in [6.07, 6.45) is 10.6. The molecule has 0 bridgehead atoms. The summed E-state index contributed by atoms with van der Waals surface area (Å²) in [5.74, 6) is 0.0637. The Morgan fingerprint density at radius 2 is 2.15 bits per heavy atom. The second-order valence-electron chi connectivity index (χ2n) is 9.63. The summed E-state index contributed by atoms with van der Waals surface area (Å²) in [5, 5.41) is 3.30. The highest BCUT2D eigenvalue weighted by molar-refractivity contribution is 5.81. The van der Waals surface area contributed by atoms with Gasteiger partial charge in [-0.1, -0.05) is 31.2 Å². The van der Waals surface area contributed by atoms with Crippen LogP contribution in [0.4, 0.5) is 4.39 Å². The lowest BCUT2D eigenvalue weighted by Gasteiger charge is -2.38. The van der Waals surface area contributed by atoms with E-state index in [0.717, 1.165) is 52.0 Å². The molecule has 0 aliphatic carbocycles. The quantitative estimate of drug-likeness (QED) is 0.559. The smallest absolute Gasteiger partial charge is 0.249 e. The number of ether oxygens (including phenoxy) is 1. The molecule has 3 aliphatic heterocycles. The molecule has 3 aliphatic rings. The van der Waals surface area contributed by atoms with Crippen LogP contribution in [0.25, 0.3) is 5.70 Å². The minimum absolute atomic E-state index is 0.0438. The number of nitrogens with zero attached hydrogens (tertiary/aromatic N) is 2. The molecule has 4 atom stereocenters. The van der Waals surface area contributed by atoms with Crippen LogP contribution in [0.2, 0.25) is 0 Å². The first-order valence-corrected chi connectivity index (χ1v) is 12.3. The van der Waals surface area contributed by atoms with E-state index in [9.17, 15) is 9.18 Å². The zero-order valence-corrected chi connectivity index (χ0v) is 19.6. The minimum Gasteiger partial charge on any atom is -0.398 e. The highest BCUT2D eigenvalue weighted by Gasteiger charge is 2.38. The Labute approximate surface area is 196 Å². The molecule has 1 aromatic rings. The van der Waals surface area contributed by atoms with Crippen molar-refractivity contribution in [2.45, 2.75) is 57.2 Å². The van der Waals surface area contributed by atoms with Gasteiger partial charge in [0, 0.05) is 49.6 Å². The number of likely N-dealkylation sites (tertiary alicyclic amines) is 2. The van der Waals surface area contributed by atoms with Crippen LogP contribution in [0, 0.1) is 11.7 Å². The first-order valence-electron chi connectivity index (χ1n) is 12.3. The second-order valence-corrected chi connectivity index (χ2v) is 9.63. The molecular formula is C26H37FN4O2. The fourth-order valence-corrected chi connectivity index (χ4v) is 4.99. The lowest BCUT2D eigenvalue weighted by Crippen LogP contribution is -2.52. The highest BCUT2D eigenvalue weighted by Crippen LogP contribution is 2.27. The third kappa shape index (κ3) is 6.43. The molecule has 1 aromatic carbocycles. The summed E-state index contributed by atoms with van der Waals surface area (Å²) in [4.78, 5) is 17.7. The topological polar surface area (TPSA) is 70.8 Å². The first-order chi connectivity index (χ1) is 16.0. The molecule has 0 spiro atoms. The van der Waals surface area contributed by atoms with Crippen LogP contribution >= 0.6 is 0 Å². The van der Waals surface area contributed by atoms with Crippen LogP contribution in [0.5, 0.6) is 0 Å². The number of hydrogen-bond donors (Lipinski definition) is 2.